The molecule has 3 unspecified atom stereocenters. The van der Waals surface area contributed by atoms with Crippen molar-refractivity contribution in [3.63, 3.8) is 0 Å². The minimum absolute atomic E-state index is 0.375. The highest BCUT2D eigenvalue weighted by Crippen LogP contribution is 2.41. The number of thioether (sulfide) groups is 1. The number of hydrogen-bond donors (Lipinski definition) is 1. The molecule has 0 radical (unpaired) electrons. The first-order valence-electron chi connectivity index (χ1n) is 8.48. The van der Waals surface area contributed by atoms with Gasteiger partial charge in [0.05, 0.1) is 6.04 Å². The van der Waals surface area contributed by atoms with Crippen LogP contribution in [0.15, 0.2) is 4.99 Å². The molecule has 3 heteroatoms. The second kappa shape index (κ2) is 5.55. The van der Waals surface area contributed by atoms with Crippen LogP contribution in [0.25, 0.3) is 0 Å². The summed E-state index contributed by atoms with van der Waals surface area (Å²) in [5.74, 6) is 2.12. The lowest BCUT2D eigenvalue weighted by molar-refractivity contribution is 0.202. The lowest BCUT2D eigenvalue weighted by atomic mass is 9.73. The minimum atomic E-state index is 0.375. The summed E-state index contributed by atoms with van der Waals surface area (Å²) in [6, 6.07) is 0.530. The van der Waals surface area contributed by atoms with Gasteiger partial charge in [0.2, 0.25) is 0 Å². The predicted molar refractivity (Wildman–Crippen MR) is 89.4 cm³/mol. The maximum Gasteiger partial charge on any atom is 0.157 e. The lowest BCUT2D eigenvalue weighted by Crippen LogP contribution is -2.47. The summed E-state index contributed by atoms with van der Waals surface area (Å²) < 4.78 is 0. The van der Waals surface area contributed by atoms with Gasteiger partial charge in [0.15, 0.2) is 5.17 Å². The van der Waals surface area contributed by atoms with E-state index < -0.39 is 0 Å². The van der Waals surface area contributed by atoms with E-state index in [0.717, 1.165) is 5.92 Å². The molecule has 1 saturated heterocycles. The van der Waals surface area contributed by atoms with E-state index in [9.17, 15) is 0 Å². The van der Waals surface area contributed by atoms with E-state index in [1.807, 2.05) is 11.8 Å². The van der Waals surface area contributed by atoms with Crippen LogP contribution >= 0.6 is 11.8 Å². The highest BCUT2D eigenvalue weighted by atomic mass is 32.2. The van der Waals surface area contributed by atoms with Crippen molar-refractivity contribution in [3.05, 3.63) is 0 Å². The molecule has 1 aliphatic heterocycles. The molecular formula is C17H30N2S. The summed E-state index contributed by atoms with van der Waals surface area (Å²) >= 11 is 1.98. The third kappa shape index (κ3) is 3.03. The largest absolute Gasteiger partial charge is 0.359 e. The van der Waals surface area contributed by atoms with E-state index in [1.165, 1.54) is 62.3 Å². The fourth-order valence-corrected chi connectivity index (χ4v) is 5.57. The average molecular weight is 295 g/mol. The van der Waals surface area contributed by atoms with Crippen LogP contribution in [0.3, 0.4) is 0 Å². The first-order valence-corrected chi connectivity index (χ1v) is 9.47. The highest BCUT2D eigenvalue weighted by molar-refractivity contribution is 8.14. The number of nitrogens with zero attached hydrogens (tertiary/aromatic N) is 1. The third-order valence-electron chi connectivity index (χ3n) is 5.67. The van der Waals surface area contributed by atoms with Crippen LogP contribution in [0, 0.1) is 11.3 Å². The minimum Gasteiger partial charge on any atom is -0.359 e. The van der Waals surface area contributed by atoms with Gasteiger partial charge in [-0.15, -0.1) is 0 Å². The molecule has 0 aromatic carbocycles. The molecule has 0 amide bonds. The number of hydrogen-bond acceptors (Lipinski definition) is 2. The Hall–Kier alpha value is -0.180. The summed E-state index contributed by atoms with van der Waals surface area (Å²) in [6.07, 6.45) is 10.8. The summed E-state index contributed by atoms with van der Waals surface area (Å²) in [5.41, 5.74) is 0.767. The zero-order valence-corrected chi connectivity index (χ0v) is 14.2. The molecule has 1 N–H and O–H groups in total. The SMILES string of the molecule is CC1CCCC2(CSC(=NC3CCCCC3(C)C)N2)C1. The van der Waals surface area contributed by atoms with Crippen molar-refractivity contribution in [2.75, 3.05) is 5.75 Å². The van der Waals surface area contributed by atoms with Crippen LogP contribution in [0.4, 0.5) is 0 Å². The molecule has 3 aliphatic rings. The van der Waals surface area contributed by atoms with Gasteiger partial charge in [-0.3, -0.25) is 4.99 Å². The normalized spacial score (nSPS) is 42.9. The van der Waals surface area contributed by atoms with E-state index in [4.69, 9.17) is 4.99 Å². The van der Waals surface area contributed by atoms with Gasteiger partial charge in [-0.1, -0.05) is 58.2 Å². The lowest BCUT2D eigenvalue weighted by Gasteiger charge is -2.37. The Bertz CT molecular complexity index is 390. The predicted octanol–water partition coefficient (Wildman–Crippen LogP) is 4.60. The molecule has 2 nitrogen and oxygen atoms in total. The number of rotatable bonds is 1. The van der Waals surface area contributed by atoms with E-state index in [0.29, 0.717) is 17.0 Å². The van der Waals surface area contributed by atoms with Gasteiger partial charge in [-0.25, -0.2) is 0 Å². The molecule has 2 saturated carbocycles. The van der Waals surface area contributed by atoms with Gasteiger partial charge >= 0.3 is 0 Å². The standard InChI is InChI=1S/C17H30N2S/c1-13-7-6-10-17(11-13)12-20-15(19-17)18-14-8-4-5-9-16(14,2)3/h13-14H,4-12H2,1-3H3,(H,18,19). The van der Waals surface area contributed by atoms with Crippen LogP contribution in [-0.4, -0.2) is 22.5 Å². The molecule has 114 valence electrons. The Morgan fingerprint density at radius 1 is 1.15 bits per heavy atom. The number of amidine groups is 1. The Morgan fingerprint density at radius 3 is 2.75 bits per heavy atom. The molecule has 3 rings (SSSR count). The van der Waals surface area contributed by atoms with E-state index >= 15 is 0 Å². The molecule has 1 heterocycles. The van der Waals surface area contributed by atoms with Gasteiger partial charge in [0, 0.05) is 11.3 Å². The fraction of sp³-hybridized carbons (Fsp3) is 0.941. The highest BCUT2D eigenvalue weighted by Gasteiger charge is 2.41. The molecule has 3 fully saturated rings. The fourth-order valence-electron chi connectivity index (χ4n) is 4.34. The van der Waals surface area contributed by atoms with Crippen LogP contribution in [0.2, 0.25) is 0 Å². The number of nitrogens with one attached hydrogen (secondary N) is 1. The van der Waals surface area contributed by atoms with Gasteiger partial charge in [0.1, 0.15) is 0 Å². The van der Waals surface area contributed by atoms with Crippen LogP contribution in [-0.2, 0) is 0 Å². The number of aliphatic imine (C=N–C) groups is 1. The second-order valence-corrected chi connectivity index (χ2v) is 9.04. The Morgan fingerprint density at radius 2 is 2.00 bits per heavy atom. The van der Waals surface area contributed by atoms with Crippen molar-refractivity contribution in [2.24, 2.45) is 16.3 Å². The molecule has 0 bridgehead atoms. The van der Waals surface area contributed by atoms with Crippen molar-refractivity contribution >= 4 is 16.9 Å². The molecule has 2 aliphatic carbocycles. The van der Waals surface area contributed by atoms with Gasteiger partial charge in [-0.05, 0) is 37.0 Å². The quantitative estimate of drug-likeness (QED) is 0.764. The third-order valence-corrected chi connectivity index (χ3v) is 6.85. The van der Waals surface area contributed by atoms with E-state index in [2.05, 4.69) is 26.1 Å². The summed E-state index contributed by atoms with van der Waals surface area (Å²) in [5, 5.41) is 5.08. The Kier molecular flexibility index (Phi) is 4.09. The molecule has 20 heavy (non-hydrogen) atoms. The average Bonchev–Trinajstić information content (AvgIpc) is 2.74. The molecule has 0 aromatic heterocycles. The Balaban J connectivity index is 1.68. The first kappa shape index (κ1) is 14.7. The second-order valence-electron chi connectivity index (χ2n) is 8.08. The summed E-state index contributed by atoms with van der Waals surface area (Å²) in [6.45, 7) is 7.21. The van der Waals surface area contributed by atoms with Crippen molar-refractivity contribution in [3.8, 4) is 0 Å². The van der Waals surface area contributed by atoms with Crippen molar-refractivity contribution in [1.29, 1.82) is 0 Å². The van der Waals surface area contributed by atoms with E-state index in [1.54, 1.807) is 0 Å². The van der Waals surface area contributed by atoms with Crippen LogP contribution < -0.4 is 5.32 Å². The van der Waals surface area contributed by atoms with Gasteiger partial charge < -0.3 is 5.32 Å². The van der Waals surface area contributed by atoms with Gasteiger partial charge in [-0.2, -0.15) is 0 Å². The van der Waals surface area contributed by atoms with Crippen LogP contribution in [0.1, 0.15) is 72.1 Å². The van der Waals surface area contributed by atoms with Crippen LogP contribution in [0.5, 0.6) is 0 Å². The zero-order valence-electron chi connectivity index (χ0n) is 13.4. The molecule has 1 spiro atoms. The van der Waals surface area contributed by atoms with Crippen molar-refractivity contribution in [1.82, 2.24) is 5.32 Å². The van der Waals surface area contributed by atoms with E-state index in [-0.39, 0.29) is 0 Å². The summed E-state index contributed by atoms with van der Waals surface area (Å²) in [4.78, 5) is 5.13. The Labute approximate surface area is 128 Å². The van der Waals surface area contributed by atoms with Gasteiger partial charge in [0.25, 0.3) is 0 Å². The first-order chi connectivity index (χ1) is 9.49. The summed E-state index contributed by atoms with van der Waals surface area (Å²) in [7, 11) is 0. The van der Waals surface area contributed by atoms with Crippen molar-refractivity contribution < 1.29 is 0 Å². The maximum atomic E-state index is 5.13. The molecule has 0 aromatic rings. The maximum absolute atomic E-state index is 5.13. The monoisotopic (exact) mass is 294 g/mol. The molecule has 3 atom stereocenters. The zero-order chi connectivity index (χ0) is 14.2. The topological polar surface area (TPSA) is 24.4 Å². The smallest absolute Gasteiger partial charge is 0.157 e. The van der Waals surface area contributed by atoms with Crippen molar-refractivity contribution in [2.45, 2.75) is 83.7 Å². The molecular weight excluding hydrogens is 264 g/mol.